The number of pyridine rings is 1. The molecule has 1 atom stereocenters. The molecular weight excluding hydrogens is 346 g/mol. The van der Waals surface area contributed by atoms with Crippen LogP contribution in [0.1, 0.15) is 36.2 Å². The summed E-state index contributed by atoms with van der Waals surface area (Å²) in [6.07, 6.45) is 1.33. The van der Waals surface area contributed by atoms with Gasteiger partial charge in [0.1, 0.15) is 0 Å². The predicted octanol–water partition coefficient (Wildman–Crippen LogP) is 5.01. The molecule has 0 saturated heterocycles. The fraction of sp³-hybridized carbons (Fsp3) is 0.273. The Morgan fingerprint density at radius 2 is 1.70 bits per heavy atom. The fourth-order valence-corrected chi connectivity index (χ4v) is 3.42. The molecule has 2 aromatic carbocycles. The van der Waals surface area contributed by atoms with Crippen LogP contribution in [-0.2, 0) is 6.42 Å². The lowest BCUT2D eigenvalue weighted by Gasteiger charge is -2.33. The number of aromatic nitrogens is 1. The number of nitrogens with zero attached hydrogens (tertiary/aromatic N) is 1. The Morgan fingerprint density at radius 3 is 2.41 bits per heavy atom. The maximum atomic E-state index is 13.8. The largest absolute Gasteiger partial charge is 0.346 e. The Balaban J connectivity index is 1.86. The third-order valence-electron chi connectivity index (χ3n) is 4.41. The number of para-hydroxylation sites is 1. The second-order valence-electron chi connectivity index (χ2n) is 7.34. The number of benzene rings is 2. The van der Waals surface area contributed by atoms with E-state index in [1.807, 2.05) is 54.6 Å². The molecule has 0 radical (unpaired) electrons. The van der Waals surface area contributed by atoms with Crippen molar-refractivity contribution in [2.75, 3.05) is 0 Å². The highest BCUT2D eigenvalue weighted by Gasteiger charge is 2.37. The number of nitrogens with one attached hydrogen (secondary N) is 1. The summed E-state index contributed by atoms with van der Waals surface area (Å²) in [5.41, 5.74) is 0.928. The van der Waals surface area contributed by atoms with Crippen LogP contribution in [-0.4, -0.2) is 22.4 Å². The van der Waals surface area contributed by atoms with Crippen LogP contribution in [0, 0.1) is 0 Å². The Morgan fingerprint density at radius 1 is 1.04 bits per heavy atom. The summed E-state index contributed by atoms with van der Waals surface area (Å²) in [7, 11) is 0. The van der Waals surface area contributed by atoms with Gasteiger partial charge in [-0.1, -0.05) is 48.5 Å². The first-order valence-electron chi connectivity index (χ1n) is 8.83. The molecule has 3 nitrogen and oxygen atoms in total. The first-order chi connectivity index (χ1) is 12.7. The highest BCUT2D eigenvalue weighted by Crippen LogP contribution is 2.29. The van der Waals surface area contributed by atoms with Crippen LogP contribution < -0.4 is 5.32 Å². The fourth-order valence-electron chi connectivity index (χ4n) is 3.42. The molecule has 1 aromatic heterocycles. The van der Waals surface area contributed by atoms with Crippen molar-refractivity contribution in [2.24, 2.45) is 0 Å². The maximum absolute atomic E-state index is 13.8. The Kier molecular flexibility index (Phi) is 5.22. The van der Waals surface area contributed by atoms with Crippen LogP contribution >= 0.6 is 0 Å². The molecule has 3 aromatic rings. The SMILES string of the molecule is CC(F)(F)C[C@](C)(Cc1ccccc1)NC(=O)c1cnc2ccccc2c1. The van der Waals surface area contributed by atoms with E-state index in [9.17, 15) is 13.6 Å². The predicted molar refractivity (Wildman–Crippen MR) is 103 cm³/mol. The average molecular weight is 368 g/mol. The zero-order valence-corrected chi connectivity index (χ0v) is 15.4. The molecule has 1 heterocycles. The summed E-state index contributed by atoms with van der Waals surface area (Å²) in [6, 6.07) is 18.5. The lowest BCUT2D eigenvalue weighted by molar-refractivity contribution is -0.0121. The second kappa shape index (κ2) is 7.43. The Hall–Kier alpha value is -2.82. The average Bonchev–Trinajstić information content (AvgIpc) is 2.60. The number of fused-ring (bicyclic) bond motifs is 1. The highest BCUT2D eigenvalue weighted by atomic mass is 19.3. The standard InChI is InChI=1S/C22H22F2N2O/c1-21(15-22(2,23)24,13-16-8-4-3-5-9-16)26-20(27)18-12-17-10-6-7-11-19(17)25-14-18/h3-12,14H,13,15H2,1-2H3,(H,26,27)/t21-/m0/s1. The van der Waals surface area contributed by atoms with Crippen LogP contribution in [0.4, 0.5) is 8.78 Å². The van der Waals surface area contributed by atoms with Crippen molar-refractivity contribution in [3.63, 3.8) is 0 Å². The molecule has 140 valence electrons. The third-order valence-corrected chi connectivity index (χ3v) is 4.41. The van der Waals surface area contributed by atoms with Gasteiger partial charge in [-0.2, -0.15) is 0 Å². The minimum absolute atomic E-state index is 0.310. The topological polar surface area (TPSA) is 42.0 Å². The Labute approximate surface area is 157 Å². The number of hydrogen-bond donors (Lipinski definition) is 1. The molecular formula is C22H22F2N2O. The van der Waals surface area contributed by atoms with Gasteiger partial charge in [0.2, 0.25) is 5.92 Å². The monoisotopic (exact) mass is 368 g/mol. The van der Waals surface area contributed by atoms with E-state index in [0.29, 0.717) is 12.0 Å². The van der Waals surface area contributed by atoms with Gasteiger partial charge in [0, 0.05) is 23.5 Å². The summed E-state index contributed by atoms with van der Waals surface area (Å²) in [5, 5.41) is 3.65. The number of amides is 1. The van der Waals surface area contributed by atoms with E-state index < -0.39 is 23.8 Å². The zero-order valence-electron chi connectivity index (χ0n) is 15.4. The highest BCUT2D eigenvalue weighted by molar-refractivity contribution is 5.97. The van der Waals surface area contributed by atoms with Gasteiger partial charge in [-0.3, -0.25) is 9.78 Å². The Bertz CT molecular complexity index is 938. The van der Waals surface area contributed by atoms with E-state index in [2.05, 4.69) is 10.3 Å². The van der Waals surface area contributed by atoms with Crippen molar-refractivity contribution >= 4 is 16.8 Å². The van der Waals surface area contributed by atoms with E-state index in [0.717, 1.165) is 23.4 Å². The van der Waals surface area contributed by atoms with E-state index in [1.54, 1.807) is 13.0 Å². The van der Waals surface area contributed by atoms with Crippen LogP contribution in [0.2, 0.25) is 0 Å². The number of rotatable bonds is 6. The van der Waals surface area contributed by atoms with Gasteiger partial charge in [0.15, 0.2) is 0 Å². The molecule has 0 aliphatic heterocycles. The van der Waals surface area contributed by atoms with Crippen LogP contribution in [0.3, 0.4) is 0 Å². The molecule has 1 amide bonds. The number of hydrogen-bond acceptors (Lipinski definition) is 2. The molecule has 0 aliphatic rings. The maximum Gasteiger partial charge on any atom is 0.253 e. The first kappa shape index (κ1) is 19.0. The molecule has 5 heteroatoms. The lowest BCUT2D eigenvalue weighted by atomic mass is 9.86. The number of halogens is 2. The van der Waals surface area contributed by atoms with Crippen molar-refractivity contribution in [3.8, 4) is 0 Å². The van der Waals surface area contributed by atoms with Crippen LogP contribution in [0.5, 0.6) is 0 Å². The molecule has 0 fully saturated rings. The summed E-state index contributed by atoms with van der Waals surface area (Å²) >= 11 is 0. The minimum atomic E-state index is -2.90. The van der Waals surface area contributed by atoms with Gasteiger partial charge in [-0.15, -0.1) is 0 Å². The van der Waals surface area contributed by atoms with Crippen molar-refractivity contribution in [1.29, 1.82) is 0 Å². The number of alkyl halides is 2. The molecule has 3 rings (SSSR count). The molecule has 1 N–H and O–H groups in total. The van der Waals surface area contributed by atoms with Gasteiger partial charge in [0.05, 0.1) is 11.1 Å². The summed E-state index contributed by atoms with van der Waals surface area (Å²) in [4.78, 5) is 17.1. The summed E-state index contributed by atoms with van der Waals surface area (Å²) < 4.78 is 27.6. The normalized spacial score (nSPS) is 13.9. The molecule has 27 heavy (non-hydrogen) atoms. The van der Waals surface area contributed by atoms with E-state index in [1.165, 1.54) is 6.20 Å². The molecule has 0 saturated carbocycles. The van der Waals surface area contributed by atoms with Gasteiger partial charge < -0.3 is 5.32 Å². The minimum Gasteiger partial charge on any atom is -0.346 e. The number of carbonyl (C=O) groups is 1. The van der Waals surface area contributed by atoms with Crippen molar-refractivity contribution < 1.29 is 13.6 Å². The molecule has 0 unspecified atom stereocenters. The van der Waals surface area contributed by atoms with E-state index >= 15 is 0 Å². The smallest absolute Gasteiger partial charge is 0.253 e. The summed E-state index contributed by atoms with van der Waals surface area (Å²) in [5.74, 6) is -3.31. The molecule has 0 aliphatic carbocycles. The lowest BCUT2D eigenvalue weighted by Crippen LogP contribution is -2.50. The first-order valence-corrected chi connectivity index (χ1v) is 8.83. The van der Waals surface area contributed by atoms with Crippen molar-refractivity contribution in [2.45, 2.75) is 38.2 Å². The van der Waals surface area contributed by atoms with Gasteiger partial charge >= 0.3 is 0 Å². The van der Waals surface area contributed by atoms with E-state index in [4.69, 9.17) is 0 Å². The van der Waals surface area contributed by atoms with Gasteiger partial charge in [-0.05, 0) is 38.0 Å². The van der Waals surface area contributed by atoms with Crippen molar-refractivity contribution in [3.05, 3.63) is 78.0 Å². The zero-order chi connectivity index (χ0) is 19.5. The van der Waals surface area contributed by atoms with E-state index in [-0.39, 0.29) is 0 Å². The molecule has 0 bridgehead atoms. The second-order valence-corrected chi connectivity index (χ2v) is 7.34. The number of carbonyl (C=O) groups excluding carboxylic acids is 1. The van der Waals surface area contributed by atoms with Gasteiger partial charge in [-0.25, -0.2) is 8.78 Å². The van der Waals surface area contributed by atoms with Crippen molar-refractivity contribution in [1.82, 2.24) is 10.3 Å². The third kappa shape index (κ3) is 5.09. The summed E-state index contributed by atoms with van der Waals surface area (Å²) in [6.45, 7) is 2.53. The van der Waals surface area contributed by atoms with Crippen LogP contribution in [0.15, 0.2) is 66.9 Å². The van der Waals surface area contributed by atoms with Gasteiger partial charge in [0.25, 0.3) is 5.91 Å². The van der Waals surface area contributed by atoms with Crippen LogP contribution in [0.25, 0.3) is 10.9 Å². The molecule has 0 spiro atoms. The quantitative estimate of drug-likeness (QED) is 0.664.